The van der Waals surface area contributed by atoms with E-state index in [0.29, 0.717) is 29.7 Å². The molecule has 204 valence electrons. The number of halogens is 1. The molecular formula is C32H33ClO6. The van der Waals surface area contributed by atoms with Gasteiger partial charge in [-0.15, -0.1) is 0 Å². The van der Waals surface area contributed by atoms with Gasteiger partial charge in [0, 0.05) is 28.0 Å². The monoisotopic (exact) mass is 548 g/mol. The van der Waals surface area contributed by atoms with Crippen LogP contribution in [0, 0.1) is 19.3 Å². The molecule has 3 aromatic rings. The van der Waals surface area contributed by atoms with Crippen molar-refractivity contribution in [2.45, 2.75) is 52.1 Å². The smallest absolute Gasteiger partial charge is 0.304 e. The average molecular weight is 549 g/mol. The first-order chi connectivity index (χ1) is 18.7. The number of ether oxygens (including phenoxy) is 4. The molecule has 39 heavy (non-hydrogen) atoms. The fraction of sp³-hybridized carbons (Fsp3) is 0.406. The molecule has 2 atom stereocenters. The van der Waals surface area contributed by atoms with E-state index in [1.54, 1.807) is 0 Å². The molecule has 6 rings (SSSR count). The molecule has 2 heterocycles. The topological polar surface area (TPSA) is 74.2 Å². The molecule has 0 bridgehead atoms. The molecule has 0 aromatic heterocycles. The Kier molecular flexibility index (Phi) is 6.72. The molecule has 7 heteroatoms. The number of aliphatic carboxylic acids is 1. The lowest BCUT2D eigenvalue weighted by Gasteiger charge is -2.37. The van der Waals surface area contributed by atoms with Crippen LogP contribution in [0.15, 0.2) is 42.5 Å². The minimum absolute atomic E-state index is 0.0603. The van der Waals surface area contributed by atoms with Gasteiger partial charge in [-0.05, 0) is 90.4 Å². The minimum Gasteiger partial charge on any atom is -0.493 e. The Bertz CT molecular complexity index is 1420. The first-order valence-corrected chi connectivity index (χ1v) is 13.9. The van der Waals surface area contributed by atoms with E-state index in [4.69, 9.17) is 30.5 Å². The van der Waals surface area contributed by atoms with Gasteiger partial charge in [0.25, 0.3) is 0 Å². The van der Waals surface area contributed by atoms with E-state index in [1.165, 1.54) is 11.1 Å². The SMILES string of the molecule is Cc1cc(OCC2(C)COC2)cc(C)c1-c1cc(Cl)cc2c1CCC2Oc1ccc2c(c1)OCC2CC(=O)O. The molecule has 1 fully saturated rings. The van der Waals surface area contributed by atoms with Gasteiger partial charge in [0.2, 0.25) is 0 Å². The van der Waals surface area contributed by atoms with E-state index in [9.17, 15) is 9.90 Å². The maximum Gasteiger partial charge on any atom is 0.304 e. The Balaban J connectivity index is 1.25. The van der Waals surface area contributed by atoms with E-state index >= 15 is 0 Å². The van der Waals surface area contributed by atoms with Gasteiger partial charge >= 0.3 is 5.97 Å². The highest BCUT2D eigenvalue weighted by Gasteiger charge is 2.34. The molecule has 0 saturated carbocycles. The zero-order valence-electron chi connectivity index (χ0n) is 22.5. The predicted octanol–water partition coefficient (Wildman–Crippen LogP) is 7.06. The van der Waals surface area contributed by atoms with Crippen molar-refractivity contribution < 1.29 is 28.8 Å². The number of carboxylic acid groups (broad SMARTS) is 1. The normalized spacial score (nSPS) is 20.5. The standard InChI is InChI=1S/C32H33ClO6/c1-18-8-23(38-17-32(3)15-36-16-32)9-19(2)31(18)27-12-21(33)11-26-25(27)6-7-28(26)39-22-4-5-24-20(10-30(34)35)14-37-29(24)13-22/h4-5,8-9,11-13,20,28H,6-7,10,14-17H2,1-3H3,(H,34,35). The first-order valence-electron chi connectivity index (χ1n) is 13.5. The molecule has 3 aliphatic rings. The summed E-state index contributed by atoms with van der Waals surface area (Å²) in [4.78, 5) is 11.2. The summed E-state index contributed by atoms with van der Waals surface area (Å²) in [7, 11) is 0. The van der Waals surface area contributed by atoms with Crippen LogP contribution in [0.4, 0.5) is 0 Å². The number of hydrogen-bond donors (Lipinski definition) is 1. The van der Waals surface area contributed by atoms with Crippen molar-refractivity contribution in [1.29, 1.82) is 0 Å². The van der Waals surface area contributed by atoms with Gasteiger partial charge in [-0.2, -0.15) is 0 Å². The number of rotatable bonds is 8. The molecular weight excluding hydrogens is 516 g/mol. The van der Waals surface area contributed by atoms with Crippen LogP contribution in [0.3, 0.4) is 0 Å². The number of carboxylic acids is 1. The molecule has 2 unspecified atom stereocenters. The Labute approximate surface area is 233 Å². The quantitative estimate of drug-likeness (QED) is 0.325. The van der Waals surface area contributed by atoms with Crippen molar-refractivity contribution in [3.63, 3.8) is 0 Å². The Hall–Kier alpha value is -3.22. The van der Waals surface area contributed by atoms with Crippen molar-refractivity contribution in [2.75, 3.05) is 26.4 Å². The Morgan fingerprint density at radius 2 is 1.85 bits per heavy atom. The summed E-state index contributed by atoms with van der Waals surface area (Å²) in [5.74, 6) is 1.35. The number of benzene rings is 3. The first kappa shape index (κ1) is 26.0. The third-order valence-electron chi connectivity index (χ3n) is 8.08. The van der Waals surface area contributed by atoms with Crippen LogP contribution >= 0.6 is 11.6 Å². The van der Waals surface area contributed by atoms with Gasteiger partial charge in [0.15, 0.2) is 0 Å². The Morgan fingerprint density at radius 1 is 1.08 bits per heavy atom. The average Bonchev–Trinajstić information content (AvgIpc) is 3.44. The van der Waals surface area contributed by atoms with E-state index in [-0.39, 0.29) is 23.9 Å². The predicted molar refractivity (Wildman–Crippen MR) is 149 cm³/mol. The molecule has 6 nitrogen and oxygen atoms in total. The van der Waals surface area contributed by atoms with Gasteiger partial charge < -0.3 is 24.1 Å². The highest BCUT2D eigenvalue weighted by atomic mass is 35.5. The van der Waals surface area contributed by atoms with Crippen LogP contribution in [0.1, 0.15) is 59.6 Å². The molecule has 0 radical (unpaired) electrons. The van der Waals surface area contributed by atoms with Crippen LogP contribution in [-0.2, 0) is 16.0 Å². The van der Waals surface area contributed by atoms with Crippen LogP contribution in [-0.4, -0.2) is 37.5 Å². The lowest BCUT2D eigenvalue weighted by Crippen LogP contribution is -2.44. The van der Waals surface area contributed by atoms with Crippen LogP contribution in [0.2, 0.25) is 5.02 Å². The molecule has 1 saturated heterocycles. The fourth-order valence-corrected chi connectivity index (χ4v) is 6.32. The largest absolute Gasteiger partial charge is 0.493 e. The van der Waals surface area contributed by atoms with Gasteiger partial charge in [0.05, 0.1) is 32.8 Å². The molecule has 2 aliphatic heterocycles. The molecule has 0 amide bonds. The van der Waals surface area contributed by atoms with Crippen molar-refractivity contribution in [3.05, 3.63) is 75.3 Å². The van der Waals surface area contributed by atoms with Crippen molar-refractivity contribution in [1.82, 2.24) is 0 Å². The van der Waals surface area contributed by atoms with Gasteiger partial charge in [-0.25, -0.2) is 0 Å². The maximum absolute atomic E-state index is 11.2. The molecule has 1 aliphatic carbocycles. The zero-order chi connectivity index (χ0) is 27.3. The summed E-state index contributed by atoms with van der Waals surface area (Å²) in [6.07, 6.45) is 1.68. The second-order valence-corrected chi connectivity index (χ2v) is 11.9. The van der Waals surface area contributed by atoms with E-state index in [0.717, 1.165) is 59.6 Å². The fourth-order valence-electron chi connectivity index (χ4n) is 6.10. The maximum atomic E-state index is 11.2. The third kappa shape index (κ3) is 5.08. The van der Waals surface area contributed by atoms with Crippen molar-refractivity contribution in [2.24, 2.45) is 5.41 Å². The summed E-state index contributed by atoms with van der Waals surface area (Å²) >= 11 is 6.68. The summed E-state index contributed by atoms with van der Waals surface area (Å²) in [5, 5.41) is 9.86. The summed E-state index contributed by atoms with van der Waals surface area (Å²) in [6, 6.07) is 14.0. The van der Waals surface area contributed by atoms with E-state index in [1.807, 2.05) is 24.3 Å². The van der Waals surface area contributed by atoms with E-state index in [2.05, 4.69) is 39.0 Å². The van der Waals surface area contributed by atoms with Gasteiger partial charge in [0.1, 0.15) is 23.4 Å². The molecule has 0 spiro atoms. The Morgan fingerprint density at radius 3 is 2.54 bits per heavy atom. The summed E-state index contributed by atoms with van der Waals surface area (Å²) in [5.41, 5.74) is 8.04. The highest BCUT2D eigenvalue weighted by molar-refractivity contribution is 6.31. The zero-order valence-corrected chi connectivity index (χ0v) is 23.3. The summed E-state index contributed by atoms with van der Waals surface area (Å²) in [6.45, 7) is 8.94. The lowest BCUT2D eigenvalue weighted by molar-refractivity contribution is -0.137. The minimum atomic E-state index is -0.822. The third-order valence-corrected chi connectivity index (χ3v) is 8.30. The number of fused-ring (bicyclic) bond motifs is 2. The van der Waals surface area contributed by atoms with Crippen molar-refractivity contribution >= 4 is 17.6 Å². The number of hydrogen-bond acceptors (Lipinski definition) is 5. The van der Waals surface area contributed by atoms with Crippen molar-refractivity contribution in [3.8, 4) is 28.4 Å². The van der Waals surface area contributed by atoms with Crippen LogP contribution in [0.25, 0.3) is 11.1 Å². The second-order valence-electron chi connectivity index (χ2n) is 11.5. The van der Waals surface area contributed by atoms with Crippen LogP contribution in [0.5, 0.6) is 17.2 Å². The lowest BCUT2D eigenvalue weighted by atomic mass is 9.89. The van der Waals surface area contributed by atoms with Gasteiger partial charge in [-0.3, -0.25) is 4.79 Å². The van der Waals surface area contributed by atoms with Gasteiger partial charge in [-0.1, -0.05) is 24.6 Å². The van der Waals surface area contributed by atoms with E-state index < -0.39 is 5.97 Å². The number of carbonyl (C=O) groups is 1. The highest BCUT2D eigenvalue weighted by Crippen LogP contribution is 2.45. The summed E-state index contributed by atoms with van der Waals surface area (Å²) < 4.78 is 23.8. The number of aryl methyl sites for hydroxylation is 2. The molecule has 1 N–H and O–H groups in total. The second kappa shape index (κ2) is 10.1. The molecule has 3 aromatic carbocycles. The van der Waals surface area contributed by atoms with Crippen LogP contribution < -0.4 is 14.2 Å².